The zero-order valence-corrected chi connectivity index (χ0v) is 19.3. The highest BCUT2D eigenvalue weighted by atomic mass is 32.1. The third-order valence-corrected chi connectivity index (χ3v) is 5.84. The van der Waals surface area contributed by atoms with Crippen LogP contribution in [0.3, 0.4) is 0 Å². The molecule has 7 nitrogen and oxygen atoms in total. The average Bonchev–Trinajstić information content (AvgIpc) is 3.53. The van der Waals surface area contributed by atoms with Crippen molar-refractivity contribution in [2.75, 3.05) is 14.2 Å². The van der Waals surface area contributed by atoms with Crippen molar-refractivity contribution < 1.29 is 24.5 Å². The van der Waals surface area contributed by atoms with Crippen LogP contribution in [0.4, 0.5) is 0 Å². The molecular formula is C26H22N2O5S. The maximum Gasteiger partial charge on any atom is 0.288 e. The molecule has 34 heavy (non-hydrogen) atoms. The van der Waals surface area contributed by atoms with Crippen LogP contribution in [0, 0.1) is 0 Å². The number of benzene rings is 2. The largest absolute Gasteiger partial charge is 0.504 e. The second kappa shape index (κ2) is 10.1. The fraction of sp³-hybridized carbons (Fsp3) is 0.0769. The zero-order valence-electron chi connectivity index (χ0n) is 18.5. The van der Waals surface area contributed by atoms with E-state index in [0.29, 0.717) is 27.8 Å². The molecular weight excluding hydrogens is 452 g/mol. The molecule has 0 aliphatic heterocycles. The van der Waals surface area contributed by atoms with Crippen LogP contribution in [0.25, 0.3) is 24.3 Å². The molecule has 4 aromatic rings. The molecule has 0 fully saturated rings. The minimum atomic E-state index is -0.233. The standard InChI is InChI=1S/C26H22N2O5S/c1-32-23-14-17(7-11-21(23)29)5-9-19-16-20(28(27-19)26(31)25-4-3-13-34-25)10-6-18-8-12-22(30)24(15-18)33-2/h3-16,29-30H,1-2H3. The van der Waals surface area contributed by atoms with Gasteiger partial charge in [0.1, 0.15) is 0 Å². The lowest BCUT2D eigenvalue weighted by Gasteiger charge is -2.04. The summed E-state index contributed by atoms with van der Waals surface area (Å²) in [6, 6.07) is 15.4. The topological polar surface area (TPSA) is 93.8 Å². The minimum absolute atomic E-state index is 0.0517. The van der Waals surface area contributed by atoms with Gasteiger partial charge >= 0.3 is 0 Å². The number of ether oxygens (including phenoxy) is 2. The summed E-state index contributed by atoms with van der Waals surface area (Å²) in [5.74, 6) is 0.607. The summed E-state index contributed by atoms with van der Waals surface area (Å²) in [5, 5.41) is 25.9. The van der Waals surface area contributed by atoms with Crippen LogP contribution in [0.5, 0.6) is 23.0 Å². The number of methoxy groups -OCH3 is 2. The molecule has 8 heteroatoms. The van der Waals surface area contributed by atoms with Gasteiger partial charge in [0, 0.05) is 0 Å². The van der Waals surface area contributed by atoms with Crippen LogP contribution in [-0.2, 0) is 0 Å². The second-order valence-electron chi connectivity index (χ2n) is 7.22. The highest BCUT2D eigenvalue weighted by Crippen LogP contribution is 2.28. The molecule has 0 unspecified atom stereocenters. The molecule has 2 N–H and O–H groups in total. The molecule has 2 aromatic heterocycles. The van der Waals surface area contributed by atoms with Gasteiger partial charge in [0.15, 0.2) is 23.0 Å². The Hall–Kier alpha value is -4.30. The van der Waals surface area contributed by atoms with Gasteiger partial charge in [0.05, 0.1) is 30.5 Å². The zero-order chi connectivity index (χ0) is 24.1. The molecule has 0 amide bonds. The Morgan fingerprint density at radius 2 is 1.50 bits per heavy atom. The van der Waals surface area contributed by atoms with E-state index in [1.165, 1.54) is 30.2 Å². The molecule has 0 radical (unpaired) electrons. The predicted octanol–water partition coefficient (Wildman–Crippen LogP) is 5.40. The highest BCUT2D eigenvalue weighted by molar-refractivity contribution is 7.12. The molecule has 0 saturated heterocycles. The Labute approximate surface area is 200 Å². The SMILES string of the molecule is COc1cc(C=Cc2cc(C=Cc3ccc(O)c(OC)c3)n(C(=O)c3cccs3)n2)ccc1O. The number of carbonyl (C=O) groups excluding carboxylic acids is 1. The van der Waals surface area contributed by atoms with Gasteiger partial charge in [-0.05, 0) is 65.1 Å². The van der Waals surface area contributed by atoms with Crippen LogP contribution in [-0.4, -0.2) is 40.1 Å². The Morgan fingerprint density at radius 1 is 0.882 bits per heavy atom. The number of hydrogen-bond donors (Lipinski definition) is 2. The lowest BCUT2D eigenvalue weighted by molar-refractivity contribution is 0.0948. The molecule has 0 spiro atoms. The van der Waals surface area contributed by atoms with Crippen LogP contribution in [0.2, 0.25) is 0 Å². The van der Waals surface area contributed by atoms with Crippen molar-refractivity contribution in [2.24, 2.45) is 0 Å². The van der Waals surface area contributed by atoms with Crippen molar-refractivity contribution in [3.05, 3.63) is 87.4 Å². The van der Waals surface area contributed by atoms with Crippen molar-refractivity contribution in [2.45, 2.75) is 0 Å². The smallest absolute Gasteiger partial charge is 0.288 e. The molecule has 0 saturated carbocycles. The van der Waals surface area contributed by atoms with E-state index in [0.717, 1.165) is 11.1 Å². The maximum absolute atomic E-state index is 13.0. The minimum Gasteiger partial charge on any atom is -0.504 e. The summed E-state index contributed by atoms with van der Waals surface area (Å²) in [4.78, 5) is 13.6. The Balaban J connectivity index is 1.68. The molecule has 0 aliphatic rings. The summed E-state index contributed by atoms with van der Waals surface area (Å²) in [6.45, 7) is 0. The number of nitrogens with zero attached hydrogens (tertiary/aromatic N) is 2. The Bertz CT molecular complexity index is 1370. The predicted molar refractivity (Wildman–Crippen MR) is 133 cm³/mol. The fourth-order valence-corrected chi connectivity index (χ4v) is 3.89. The van der Waals surface area contributed by atoms with Gasteiger partial charge in [0.25, 0.3) is 5.91 Å². The van der Waals surface area contributed by atoms with E-state index in [2.05, 4.69) is 5.10 Å². The van der Waals surface area contributed by atoms with Crippen molar-refractivity contribution in [3.8, 4) is 23.0 Å². The van der Waals surface area contributed by atoms with Crippen molar-refractivity contribution in [1.29, 1.82) is 0 Å². The first-order valence-corrected chi connectivity index (χ1v) is 11.1. The van der Waals surface area contributed by atoms with Crippen molar-refractivity contribution in [1.82, 2.24) is 9.78 Å². The maximum atomic E-state index is 13.0. The van der Waals surface area contributed by atoms with Gasteiger partial charge in [0.2, 0.25) is 0 Å². The van der Waals surface area contributed by atoms with Gasteiger partial charge in [-0.1, -0.05) is 30.4 Å². The van der Waals surface area contributed by atoms with E-state index in [1.807, 2.05) is 23.6 Å². The summed E-state index contributed by atoms with van der Waals surface area (Å²) >= 11 is 1.35. The van der Waals surface area contributed by atoms with Gasteiger partial charge in [-0.3, -0.25) is 4.79 Å². The van der Waals surface area contributed by atoms with Crippen LogP contribution < -0.4 is 9.47 Å². The monoisotopic (exact) mass is 474 g/mol. The number of hydrogen-bond acceptors (Lipinski definition) is 7. The summed E-state index contributed by atoms with van der Waals surface area (Å²) in [7, 11) is 2.97. The lowest BCUT2D eigenvalue weighted by atomic mass is 10.1. The first-order valence-electron chi connectivity index (χ1n) is 10.3. The average molecular weight is 475 g/mol. The first-order chi connectivity index (χ1) is 16.5. The molecule has 0 aliphatic carbocycles. The number of thiophene rings is 1. The summed E-state index contributed by atoms with van der Waals surface area (Å²) in [5.41, 5.74) is 2.77. The molecule has 172 valence electrons. The van der Waals surface area contributed by atoms with E-state index in [-0.39, 0.29) is 17.4 Å². The Kier molecular flexibility index (Phi) is 6.79. The normalized spacial score (nSPS) is 11.4. The van der Waals surface area contributed by atoms with Gasteiger partial charge in [-0.15, -0.1) is 11.3 Å². The van der Waals surface area contributed by atoms with Gasteiger partial charge < -0.3 is 19.7 Å². The fourth-order valence-electron chi connectivity index (χ4n) is 3.24. The number of phenolic OH excluding ortho intramolecular Hbond substituents is 2. The third kappa shape index (κ3) is 5.02. The second-order valence-corrected chi connectivity index (χ2v) is 8.17. The van der Waals surface area contributed by atoms with Crippen LogP contribution >= 0.6 is 11.3 Å². The van der Waals surface area contributed by atoms with E-state index in [9.17, 15) is 15.0 Å². The number of aromatic hydroxyl groups is 2. The van der Waals surface area contributed by atoms with E-state index >= 15 is 0 Å². The van der Waals surface area contributed by atoms with E-state index in [1.54, 1.807) is 60.7 Å². The molecule has 0 bridgehead atoms. The number of rotatable bonds is 7. The highest BCUT2D eigenvalue weighted by Gasteiger charge is 2.15. The van der Waals surface area contributed by atoms with E-state index in [4.69, 9.17) is 9.47 Å². The van der Waals surface area contributed by atoms with Gasteiger partial charge in [-0.2, -0.15) is 9.78 Å². The number of carbonyl (C=O) groups is 1. The third-order valence-electron chi connectivity index (χ3n) is 4.98. The van der Waals surface area contributed by atoms with Crippen molar-refractivity contribution in [3.63, 3.8) is 0 Å². The molecule has 4 rings (SSSR count). The molecule has 0 atom stereocenters. The first kappa shape index (κ1) is 22.9. The summed E-state index contributed by atoms with van der Waals surface area (Å²) in [6.07, 6.45) is 7.20. The number of phenols is 2. The quantitative estimate of drug-likeness (QED) is 0.372. The summed E-state index contributed by atoms with van der Waals surface area (Å²) < 4.78 is 11.7. The number of aromatic nitrogens is 2. The van der Waals surface area contributed by atoms with Crippen molar-refractivity contribution >= 4 is 41.5 Å². The Morgan fingerprint density at radius 3 is 2.06 bits per heavy atom. The van der Waals surface area contributed by atoms with Crippen LogP contribution in [0.15, 0.2) is 60.0 Å². The molecule has 2 heterocycles. The molecule has 2 aromatic carbocycles. The lowest BCUT2D eigenvalue weighted by Crippen LogP contribution is -2.13. The van der Waals surface area contributed by atoms with Gasteiger partial charge in [-0.25, -0.2) is 0 Å². The van der Waals surface area contributed by atoms with E-state index < -0.39 is 0 Å². The van der Waals surface area contributed by atoms with Crippen LogP contribution in [0.1, 0.15) is 32.2 Å².